The maximum Gasteiger partial charge on any atom is 0.272 e. The summed E-state index contributed by atoms with van der Waals surface area (Å²) in [6.07, 6.45) is 1.86. The summed E-state index contributed by atoms with van der Waals surface area (Å²) in [7, 11) is -1.39. The van der Waals surface area contributed by atoms with Crippen molar-refractivity contribution < 1.29 is 13.2 Å². The molecule has 1 amide bonds. The number of aromatic nitrogens is 2. The molecular weight excluding hydrogens is 304 g/mol. The van der Waals surface area contributed by atoms with Gasteiger partial charge in [0.15, 0.2) is 9.84 Å². The molecule has 1 saturated heterocycles. The van der Waals surface area contributed by atoms with Crippen LogP contribution in [0.5, 0.6) is 0 Å². The van der Waals surface area contributed by atoms with Crippen molar-refractivity contribution >= 4 is 21.6 Å². The molecular formula is C14H22N4O3S. The Morgan fingerprint density at radius 1 is 1.32 bits per heavy atom. The van der Waals surface area contributed by atoms with E-state index >= 15 is 0 Å². The molecule has 1 aromatic rings. The van der Waals surface area contributed by atoms with Crippen molar-refractivity contribution in [1.82, 2.24) is 14.9 Å². The molecule has 0 aromatic carbocycles. The van der Waals surface area contributed by atoms with Gasteiger partial charge in [-0.3, -0.25) is 4.79 Å². The molecule has 0 spiro atoms. The second-order valence-corrected chi connectivity index (χ2v) is 7.64. The zero-order valence-corrected chi connectivity index (χ0v) is 14.0. The number of rotatable bonds is 5. The Bertz CT molecular complexity index is 643. The first-order chi connectivity index (χ1) is 10.4. The molecule has 7 nitrogen and oxygen atoms in total. The standard InChI is InChI=1S/C14H22N4O3S/c1-4-18(5-2)13-8-12(15-10-16-13)14(19)17(3)11-6-7-22(20,21)9-11/h8,10-11H,4-7,9H2,1-3H3. The van der Waals surface area contributed by atoms with Crippen molar-refractivity contribution in [2.75, 3.05) is 36.5 Å². The van der Waals surface area contributed by atoms with Crippen molar-refractivity contribution in [2.24, 2.45) is 0 Å². The van der Waals surface area contributed by atoms with E-state index in [2.05, 4.69) is 9.97 Å². The number of hydrogen-bond acceptors (Lipinski definition) is 6. The SMILES string of the molecule is CCN(CC)c1cc(C(=O)N(C)C2CCS(=O)(=O)C2)ncn1. The lowest BCUT2D eigenvalue weighted by Gasteiger charge is -2.24. The average Bonchev–Trinajstić information content (AvgIpc) is 2.87. The average molecular weight is 326 g/mol. The molecule has 0 saturated carbocycles. The third-order valence-electron chi connectivity index (χ3n) is 4.04. The number of anilines is 1. The van der Waals surface area contributed by atoms with Gasteiger partial charge < -0.3 is 9.80 Å². The molecule has 0 aliphatic carbocycles. The van der Waals surface area contributed by atoms with Gasteiger partial charge >= 0.3 is 0 Å². The number of carbonyl (C=O) groups is 1. The number of sulfone groups is 1. The lowest BCUT2D eigenvalue weighted by molar-refractivity contribution is 0.0741. The molecule has 1 aliphatic rings. The summed E-state index contributed by atoms with van der Waals surface area (Å²) in [6, 6.07) is 1.39. The normalized spacial score (nSPS) is 19.9. The summed E-state index contributed by atoms with van der Waals surface area (Å²) in [6.45, 7) is 5.61. The first-order valence-electron chi connectivity index (χ1n) is 7.42. The van der Waals surface area contributed by atoms with E-state index in [1.807, 2.05) is 18.7 Å². The first-order valence-corrected chi connectivity index (χ1v) is 9.24. The van der Waals surface area contributed by atoms with Gasteiger partial charge in [-0.05, 0) is 20.3 Å². The number of hydrogen-bond donors (Lipinski definition) is 0. The van der Waals surface area contributed by atoms with Gasteiger partial charge in [0.25, 0.3) is 5.91 Å². The zero-order chi connectivity index (χ0) is 16.3. The second-order valence-electron chi connectivity index (χ2n) is 5.41. The predicted octanol–water partition coefficient (Wildman–Crippen LogP) is 0.582. The van der Waals surface area contributed by atoms with Crippen LogP contribution in [0.2, 0.25) is 0 Å². The van der Waals surface area contributed by atoms with Crippen molar-refractivity contribution in [1.29, 1.82) is 0 Å². The molecule has 0 radical (unpaired) electrons. The molecule has 1 aromatic heterocycles. The van der Waals surface area contributed by atoms with Crippen LogP contribution in [0.15, 0.2) is 12.4 Å². The fraction of sp³-hybridized carbons (Fsp3) is 0.643. The highest BCUT2D eigenvalue weighted by molar-refractivity contribution is 7.91. The first kappa shape index (κ1) is 16.7. The number of amides is 1. The van der Waals surface area contributed by atoms with Gasteiger partial charge in [-0.15, -0.1) is 0 Å². The smallest absolute Gasteiger partial charge is 0.272 e. The van der Waals surface area contributed by atoms with E-state index in [9.17, 15) is 13.2 Å². The van der Waals surface area contributed by atoms with Crippen LogP contribution < -0.4 is 4.90 Å². The van der Waals surface area contributed by atoms with Crippen LogP contribution in [0.1, 0.15) is 30.8 Å². The number of nitrogens with zero attached hydrogens (tertiary/aromatic N) is 4. The van der Waals surface area contributed by atoms with Crippen molar-refractivity contribution in [3.63, 3.8) is 0 Å². The van der Waals surface area contributed by atoms with Crippen molar-refractivity contribution in [3.8, 4) is 0 Å². The molecule has 2 rings (SSSR count). The molecule has 1 atom stereocenters. The van der Waals surface area contributed by atoms with Gasteiger partial charge in [0.2, 0.25) is 0 Å². The van der Waals surface area contributed by atoms with Crippen LogP contribution in [0, 0.1) is 0 Å². The molecule has 0 bridgehead atoms. The minimum Gasteiger partial charge on any atom is -0.357 e. The monoisotopic (exact) mass is 326 g/mol. The van der Waals surface area contributed by atoms with Gasteiger partial charge in [-0.2, -0.15) is 0 Å². The summed E-state index contributed by atoms with van der Waals surface area (Å²) >= 11 is 0. The Morgan fingerprint density at radius 3 is 2.55 bits per heavy atom. The minimum absolute atomic E-state index is 0.0310. The van der Waals surface area contributed by atoms with Crippen LogP contribution in [-0.4, -0.2) is 66.9 Å². The molecule has 122 valence electrons. The highest BCUT2D eigenvalue weighted by Gasteiger charge is 2.33. The lowest BCUT2D eigenvalue weighted by Crippen LogP contribution is -2.38. The van der Waals surface area contributed by atoms with E-state index in [1.165, 1.54) is 11.2 Å². The Kier molecular flexibility index (Phi) is 5.00. The van der Waals surface area contributed by atoms with Crippen LogP contribution >= 0.6 is 0 Å². The molecule has 1 unspecified atom stereocenters. The summed E-state index contributed by atoms with van der Waals surface area (Å²) in [5.74, 6) is 0.612. The predicted molar refractivity (Wildman–Crippen MR) is 84.7 cm³/mol. The summed E-state index contributed by atoms with van der Waals surface area (Å²) in [5.41, 5.74) is 0.295. The molecule has 2 heterocycles. The summed E-state index contributed by atoms with van der Waals surface area (Å²) in [5, 5.41) is 0. The molecule has 0 N–H and O–H groups in total. The van der Waals surface area contributed by atoms with Crippen molar-refractivity contribution in [2.45, 2.75) is 26.3 Å². The van der Waals surface area contributed by atoms with E-state index in [1.54, 1.807) is 13.1 Å². The Morgan fingerprint density at radius 2 is 2.00 bits per heavy atom. The molecule has 1 fully saturated rings. The number of carbonyl (C=O) groups excluding carboxylic acids is 1. The minimum atomic E-state index is -3.02. The van der Waals surface area contributed by atoms with Gasteiger partial charge in [-0.1, -0.05) is 0 Å². The Hall–Kier alpha value is -1.70. The van der Waals surface area contributed by atoms with E-state index in [4.69, 9.17) is 0 Å². The zero-order valence-electron chi connectivity index (χ0n) is 13.2. The van der Waals surface area contributed by atoms with E-state index < -0.39 is 9.84 Å². The van der Waals surface area contributed by atoms with Crippen LogP contribution in [0.4, 0.5) is 5.82 Å². The third kappa shape index (κ3) is 3.55. The fourth-order valence-electron chi connectivity index (χ4n) is 2.61. The van der Waals surface area contributed by atoms with Crippen LogP contribution in [-0.2, 0) is 9.84 Å². The molecule has 22 heavy (non-hydrogen) atoms. The fourth-order valence-corrected chi connectivity index (χ4v) is 4.39. The lowest BCUT2D eigenvalue weighted by atomic mass is 10.2. The van der Waals surface area contributed by atoms with Gasteiger partial charge in [0.1, 0.15) is 17.8 Å². The topological polar surface area (TPSA) is 83.5 Å². The molecule has 1 aliphatic heterocycles. The van der Waals surface area contributed by atoms with Crippen molar-refractivity contribution in [3.05, 3.63) is 18.1 Å². The largest absolute Gasteiger partial charge is 0.357 e. The van der Waals surface area contributed by atoms with E-state index in [0.29, 0.717) is 17.9 Å². The summed E-state index contributed by atoms with van der Waals surface area (Å²) < 4.78 is 23.1. The third-order valence-corrected chi connectivity index (χ3v) is 5.79. The molecule has 8 heteroatoms. The quantitative estimate of drug-likeness (QED) is 0.787. The highest BCUT2D eigenvalue weighted by Crippen LogP contribution is 2.19. The maximum atomic E-state index is 12.5. The second kappa shape index (κ2) is 6.60. The van der Waals surface area contributed by atoms with Gasteiger partial charge in [0, 0.05) is 32.2 Å². The Balaban J connectivity index is 2.17. The van der Waals surface area contributed by atoms with Gasteiger partial charge in [-0.25, -0.2) is 18.4 Å². The van der Waals surface area contributed by atoms with Crippen LogP contribution in [0.3, 0.4) is 0 Å². The Labute approximate surface area is 131 Å². The van der Waals surface area contributed by atoms with E-state index in [-0.39, 0.29) is 23.5 Å². The highest BCUT2D eigenvalue weighted by atomic mass is 32.2. The maximum absolute atomic E-state index is 12.5. The summed E-state index contributed by atoms with van der Waals surface area (Å²) in [4.78, 5) is 24.3. The van der Waals surface area contributed by atoms with Gasteiger partial charge in [0.05, 0.1) is 11.5 Å². The van der Waals surface area contributed by atoms with E-state index in [0.717, 1.165) is 13.1 Å². The van der Waals surface area contributed by atoms with Crippen LogP contribution in [0.25, 0.3) is 0 Å².